The van der Waals surface area contributed by atoms with E-state index in [0.29, 0.717) is 18.4 Å². The summed E-state index contributed by atoms with van der Waals surface area (Å²) in [6, 6.07) is 0. The van der Waals surface area contributed by atoms with E-state index in [2.05, 4.69) is 4.99 Å². The molecule has 0 aromatic carbocycles. The Kier molecular flexibility index (Phi) is 8.24. The quantitative estimate of drug-likeness (QED) is 0.290. The van der Waals surface area contributed by atoms with Gasteiger partial charge in [0, 0.05) is 5.57 Å². The number of ether oxygens (including phenoxy) is 1. The second kappa shape index (κ2) is 9.12. The standard InChI is InChI=1S/C10H15NO4/c1-2-3-9(4-5-11-8-13)10(14)15-7-6-12/h3,12H,2,4-7H2,1H3. The molecule has 0 atom stereocenters. The maximum atomic E-state index is 11.3. The molecule has 0 rings (SSSR count). The van der Waals surface area contributed by atoms with Crippen molar-refractivity contribution in [1.82, 2.24) is 0 Å². The minimum Gasteiger partial charge on any atom is -0.460 e. The Hall–Kier alpha value is -1.45. The molecule has 0 unspecified atom stereocenters. The van der Waals surface area contributed by atoms with E-state index >= 15 is 0 Å². The summed E-state index contributed by atoms with van der Waals surface area (Å²) >= 11 is 0. The molecular weight excluding hydrogens is 198 g/mol. The van der Waals surface area contributed by atoms with E-state index in [4.69, 9.17) is 9.84 Å². The summed E-state index contributed by atoms with van der Waals surface area (Å²) in [6.45, 7) is 1.90. The molecule has 84 valence electrons. The summed E-state index contributed by atoms with van der Waals surface area (Å²) in [5, 5.41) is 8.47. The van der Waals surface area contributed by atoms with Gasteiger partial charge >= 0.3 is 5.97 Å². The molecule has 0 aliphatic heterocycles. The number of carbonyl (C=O) groups is 1. The number of esters is 1. The predicted molar refractivity (Wildman–Crippen MR) is 54.0 cm³/mol. The van der Waals surface area contributed by atoms with Crippen LogP contribution in [0.4, 0.5) is 0 Å². The minimum absolute atomic E-state index is 0.0170. The van der Waals surface area contributed by atoms with Crippen molar-refractivity contribution in [2.75, 3.05) is 19.8 Å². The second-order valence-corrected chi connectivity index (χ2v) is 2.72. The SMILES string of the molecule is CCC=C(CCN=C=O)C(=O)OCCO. The van der Waals surface area contributed by atoms with Gasteiger partial charge < -0.3 is 9.84 Å². The minimum atomic E-state index is -0.466. The second-order valence-electron chi connectivity index (χ2n) is 2.72. The monoisotopic (exact) mass is 213 g/mol. The first-order chi connectivity index (χ1) is 7.26. The van der Waals surface area contributed by atoms with Crippen molar-refractivity contribution < 1.29 is 19.4 Å². The molecule has 1 N–H and O–H groups in total. The molecule has 5 heteroatoms. The molecular formula is C10H15NO4. The Labute approximate surface area is 88.5 Å². The van der Waals surface area contributed by atoms with Gasteiger partial charge in [-0.1, -0.05) is 13.0 Å². The van der Waals surface area contributed by atoms with Gasteiger partial charge in [0.1, 0.15) is 6.61 Å². The van der Waals surface area contributed by atoms with E-state index in [1.54, 1.807) is 6.08 Å². The average Bonchev–Trinajstić information content (AvgIpc) is 2.25. The lowest BCUT2D eigenvalue weighted by molar-refractivity contribution is -0.140. The van der Waals surface area contributed by atoms with Crippen LogP contribution in [0, 0.1) is 0 Å². The van der Waals surface area contributed by atoms with Crippen molar-refractivity contribution in [3.8, 4) is 0 Å². The molecule has 0 aromatic heterocycles. The van der Waals surface area contributed by atoms with E-state index in [0.717, 1.165) is 0 Å². The van der Waals surface area contributed by atoms with Crippen LogP contribution < -0.4 is 0 Å². The number of hydrogen-bond acceptors (Lipinski definition) is 5. The molecule has 0 saturated carbocycles. The molecule has 0 aliphatic rings. The lowest BCUT2D eigenvalue weighted by Gasteiger charge is -2.05. The normalized spacial score (nSPS) is 10.7. The number of hydrogen-bond donors (Lipinski definition) is 1. The first-order valence-electron chi connectivity index (χ1n) is 4.76. The van der Waals surface area contributed by atoms with Gasteiger partial charge in [-0.05, 0) is 12.8 Å². The first kappa shape index (κ1) is 13.5. The topological polar surface area (TPSA) is 76.0 Å². The van der Waals surface area contributed by atoms with E-state index in [-0.39, 0.29) is 19.8 Å². The van der Waals surface area contributed by atoms with Gasteiger partial charge in [-0.15, -0.1) is 0 Å². The van der Waals surface area contributed by atoms with Crippen LogP contribution >= 0.6 is 0 Å². The van der Waals surface area contributed by atoms with Crippen LogP contribution in [-0.4, -0.2) is 36.9 Å². The van der Waals surface area contributed by atoms with Gasteiger partial charge in [0.15, 0.2) is 0 Å². The lowest BCUT2D eigenvalue weighted by atomic mass is 10.1. The van der Waals surface area contributed by atoms with Crippen LogP contribution in [0.25, 0.3) is 0 Å². The molecule has 0 spiro atoms. The van der Waals surface area contributed by atoms with Crippen molar-refractivity contribution in [3.05, 3.63) is 11.6 Å². The molecule has 0 saturated heterocycles. The summed E-state index contributed by atoms with van der Waals surface area (Å²) in [5.41, 5.74) is 0.477. The molecule has 0 fully saturated rings. The number of carbonyl (C=O) groups excluding carboxylic acids is 2. The summed E-state index contributed by atoms with van der Waals surface area (Å²) in [5.74, 6) is -0.466. The number of nitrogens with zero attached hydrogens (tertiary/aromatic N) is 1. The van der Waals surface area contributed by atoms with Crippen LogP contribution in [0.2, 0.25) is 0 Å². The van der Waals surface area contributed by atoms with Crippen LogP contribution in [0.1, 0.15) is 19.8 Å². The average molecular weight is 213 g/mol. The van der Waals surface area contributed by atoms with Gasteiger partial charge in [0.05, 0.1) is 13.2 Å². The molecule has 0 aromatic rings. The largest absolute Gasteiger partial charge is 0.460 e. The third-order valence-corrected chi connectivity index (χ3v) is 1.59. The highest BCUT2D eigenvalue weighted by atomic mass is 16.5. The Morgan fingerprint density at radius 1 is 1.60 bits per heavy atom. The van der Waals surface area contributed by atoms with Crippen LogP contribution in [-0.2, 0) is 14.3 Å². The van der Waals surface area contributed by atoms with E-state index in [9.17, 15) is 9.59 Å². The van der Waals surface area contributed by atoms with Gasteiger partial charge in [-0.3, -0.25) is 0 Å². The Morgan fingerprint density at radius 2 is 2.33 bits per heavy atom. The number of aliphatic imine (C=N–C) groups is 1. The Bertz CT molecular complexity index is 267. The van der Waals surface area contributed by atoms with Crippen LogP contribution in [0.15, 0.2) is 16.6 Å². The van der Waals surface area contributed by atoms with E-state index in [1.165, 1.54) is 6.08 Å². The zero-order chi connectivity index (χ0) is 11.5. The third-order valence-electron chi connectivity index (χ3n) is 1.59. The fourth-order valence-electron chi connectivity index (χ4n) is 0.987. The molecule has 0 amide bonds. The smallest absolute Gasteiger partial charge is 0.333 e. The van der Waals surface area contributed by atoms with E-state index < -0.39 is 5.97 Å². The molecule has 5 nitrogen and oxygen atoms in total. The highest BCUT2D eigenvalue weighted by Gasteiger charge is 2.09. The van der Waals surface area contributed by atoms with Crippen molar-refractivity contribution in [2.45, 2.75) is 19.8 Å². The zero-order valence-electron chi connectivity index (χ0n) is 8.73. The van der Waals surface area contributed by atoms with Crippen molar-refractivity contribution in [1.29, 1.82) is 0 Å². The van der Waals surface area contributed by atoms with Crippen LogP contribution in [0.5, 0.6) is 0 Å². The number of aliphatic hydroxyl groups is 1. The molecule has 15 heavy (non-hydrogen) atoms. The maximum absolute atomic E-state index is 11.3. The third kappa shape index (κ3) is 6.60. The summed E-state index contributed by atoms with van der Waals surface area (Å²) in [6.07, 6.45) is 4.18. The molecule has 0 bridgehead atoms. The van der Waals surface area contributed by atoms with E-state index in [1.807, 2.05) is 6.92 Å². The summed E-state index contributed by atoms with van der Waals surface area (Å²) in [4.78, 5) is 24.5. The van der Waals surface area contributed by atoms with Crippen LogP contribution in [0.3, 0.4) is 0 Å². The summed E-state index contributed by atoms with van der Waals surface area (Å²) < 4.78 is 4.74. The summed E-state index contributed by atoms with van der Waals surface area (Å²) in [7, 11) is 0. The molecule has 0 aliphatic carbocycles. The predicted octanol–water partition coefficient (Wildman–Crippen LogP) is 0.584. The number of allylic oxidation sites excluding steroid dienone is 1. The molecule has 0 radical (unpaired) electrons. The van der Waals surface area contributed by atoms with Crippen molar-refractivity contribution in [3.63, 3.8) is 0 Å². The number of rotatable bonds is 7. The fourth-order valence-corrected chi connectivity index (χ4v) is 0.987. The highest BCUT2D eigenvalue weighted by Crippen LogP contribution is 2.06. The number of isocyanates is 1. The highest BCUT2D eigenvalue weighted by molar-refractivity contribution is 5.88. The van der Waals surface area contributed by atoms with Crippen molar-refractivity contribution >= 4 is 12.0 Å². The number of aliphatic hydroxyl groups excluding tert-OH is 1. The van der Waals surface area contributed by atoms with Crippen molar-refractivity contribution in [2.24, 2.45) is 4.99 Å². The Morgan fingerprint density at radius 3 is 2.87 bits per heavy atom. The van der Waals surface area contributed by atoms with Gasteiger partial charge in [-0.25, -0.2) is 14.6 Å². The van der Waals surface area contributed by atoms with Gasteiger partial charge in [0.2, 0.25) is 6.08 Å². The van der Waals surface area contributed by atoms with Gasteiger partial charge in [0.25, 0.3) is 0 Å². The lowest BCUT2D eigenvalue weighted by Crippen LogP contribution is -2.11. The van der Waals surface area contributed by atoms with Gasteiger partial charge in [-0.2, -0.15) is 0 Å². The first-order valence-corrected chi connectivity index (χ1v) is 4.76. The zero-order valence-corrected chi connectivity index (χ0v) is 8.73. The fraction of sp³-hybridized carbons (Fsp3) is 0.600. The molecule has 0 heterocycles. The maximum Gasteiger partial charge on any atom is 0.333 e. The Balaban J connectivity index is 4.19.